The lowest BCUT2D eigenvalue weighted by atomic mass is 10.1. The van der Waals surface area contributed by atoms with Gasteiger partial charge in [-0.1, -0.05) is 0 Å². The van der Waals surface area contributed by atoms with Gasteiger partial charge in [-0.05, 0) is 55.2 Å². The summed E-state index contributed by atoms with van der Waals surface area (Å²) in [6, 6.07) is 7.56. The Morgan fingerprint density at radius 3 is 2.58 bits per heavy atom. The van der Waals surface area contributed by atoms with E-state index < -0.39 is 11.7 Å². The summed E-state index contributed by atoms with van der Waals surface area (Å²) in [6.45, 7) is 0.380. The Morgan fingerprint density at radius 2 is 2.00 bits per heavy atom. The Balaban J connectivity index is 1.57. The monoisotopic (exact) mass is 460 g/mol. The van der Waals surface area contributed by atoms with Gasteiger partial charge in [-0.15, -0.1) is 0 Å². The van der Waals surface area contributed by atoms with Crippen LogP contribution in [0.3, 0.4) is 0 Å². The third kappa shape index (κ3) is 5.51. The number of aromatic nitrogens is 3. The van der Waals surface area contributed by atoms with Crippen molar-refractivity contribution in [1.82, 2.24) is 20.1 Å². The van der Waals surface area contributed by atoms with Crippen molar-refractivity contribution in [1.29, 1.82) is 0 Å². The van der Waals surface area contributed by atoms with E-state index in [0.29, 0.717) is 23.7 Å². The topological polar surface area (TPSA) is 89.3 Å². The summed E-state index contributed by atoms with van der Waals surface area (Å²) in [7, 11) is 1.73. The zero-order chi connectivity index (χ0) is 23.6. The number of aliphatic hydroxyl groups excluding tert-OH is 1. The van der Waals surface area contributed by atoms with Gasteiger partial charge in [0.25, 0.3) is 5.91 Å². The second kappa shape index (κ2) is 9.22. The first kappa shape index (κ1) is 22.8. The predicted molar refractivity (Wildman–Crippen MR) is 114 cm³/mol. The van der Waals surface area contributed by atoms with Crippen molar-refractivity contribution in [3.8, 4) is 22.9 Å². The molecule has 7 nitrogen and oxygen atoms in total. The molecule has 1 unspecified atom stereocenters. The highest BCUT2D eigenvalue weighted by Gasteiger charge is 2.31. The van der Waals surface area contributed by atoms with Gasteiger partial charge in [0.1, 0.15) is 5.75 Å². The van der Waals surface area contributed by atoms with Crippen LogP contribution >= 0.6 is 0 Å². The van der Waals surface area contributed by atoms with Gasteiger partial charge in [0.15, 0.2) is 0 Å². The van der Waals surface area contributed by atoms with Gasteiger partial charge >= 0.3 is 6.18 Å². The fraction of sp³-hybridized carbons (Fsp3) is 0.348. The first-order valence-corrected chi connectivity index (χ1v) is 10.5. The van der Waals surface area contributed by atoms with E-state index >= 15 is 0 Å². The molecule has 10 heteroatoms. The number of amides is 1. The summed E-state index contributed by atoms with van der Waals surface area (Å²) in [6.07, 6.45) is 0.724. The Morgan fingerprint density at radius 1 is 1.27 bits per heavy atom. The number of pyridine rings is 1. The largest absolute Gasteiger partial charge is 0.438 e. The van der Waals surface area contributed by atoms with Gasteiger partial charge in [-0.2, -0.15) is 18.3 Å². The first-order chi connectivity index (χ1) is 15.7. The fourth-order valence-corrected chi connectivity index (χ4v) is 3.50. The molecule has 33 heavy (non-hydrogen) atoms. The Hall–Kier alpha value is -3.40. The molecule has 1 atom stereocenters. The van der Waals surface area contributed by atoms with Crippen LogP contribution in [0, 0.1) is 11.8 Å². The van der Waals surface area contributed by atoms with Crippen molar-refractivity contribution in [2.24, 2.45) is 18.9 Å². The average Bonchev–Trinajstić information content (AvgIpc) is 3.54. The lowest BCUT2D eigenvalue weighted by Gasteiger charge is -2.15. The van der Waals surface area contributed by atoms with Crippen LogP contribution in [0.5, 0.6) is 11.6 Å². The number of benzene rings is 1. The Labute approximate surface area is 188 Å². The van der Waals surface area contributed by atoms with E-state index in [-0.39, 0.29) is 35.6 Å². The van der Waals surface area contributed by atoms with Crippen molar-refractivity contribution < 1.29 is 27.8 Å². The average molecular weight is 460 g/mol. The molecule has 0 spiro atoms. The van der Waals surface area contributed by atoms with Crippen molar-refractivity contribution in [3.05, 3.63) is 59.9 Å². The van der Waals surface area contributed by atoms with Gasteiger partial charge < -0.3 is 15.2 Å². The zero-order valence-electron chi connectivity index (χ0n) is 17.8. The number of alkyl halides is 3. The molecule has 2 N–H and O–H groups in total. The van der Waals surface area contributed by atoms with Gasteiger partial charge in [0.2, 0.25) is 5.88 Å². The van der Waals surface area contributed by atoms with E-state index in [0.717, 1.165) is 25.0 Å². The predicted octanol–water partition coefficient (Wildman–Crippen LogP) is 4.04. The van der Waals surface area contributed by atoms with Gasteiger partial charge in [-0.25, -0.2) is 4.98 Å². The minimum atomic E-state index is -4.44. The first-order valence-electron chi connectivity index (χ1n) is 10.5. The van der Waals surface area contributed by atoms with E-state index in [2.05, 4.69) is 15.4 Å². The number of hydrogen-bond acceptors (Lipinski definition) is 5. The molecule has 1 saturated carbocycles. The maximum atomic E-state index is 12.8. The SMILES string of the molecule is Cn1ccc(-c2cc(C(=O)NCC(CO)C3CC3)cnc2Oc2ccc(C(F)(F)F)cc2)n1. The molecule has 1 aliphatic carbocycles. The van der Waals surface area contributed by atoms with Crippen LogP contribution < -0.4 is 10.1 Å². The van der Waals surface area contributed by atoms with E-state index in [4.69, 9.17) is 4.74 Å². The van der Waals surface area contributed by atoms with Crippen LogP contribution in [0.2, 0.25) is 0 Å². The fourth-order valence-electron chi connectivity index (χ4n) is 3.50. The number of carbonyl (C=O) groups is 1. The van der Waals surface area contributed by atoms with Crippen molar-refractivity contribution in [3.63, 3.8) is 0 Å². The summed E-state index contributed by atoms with van der Waals surface area (Å²) in [5.41, 5.74) is 0.409. The molecular formula is C23H23F3N4O3. The summed E-state index contributed by atoms with van der Waals surface area (Å²) in [5, 5.41) is 16.7. The number of nitrogens with zero attached hydrogens (tertiary/aromatic N) is 3. The molecule has 1 fully saturated rings. The number of halogens is 3. The van der Waals surface area contributed by atoms with Crippen molar-refractivity contribution in [2.45, 2.75) is 19.0 Å². The highest BCUT2D eigenvalue weighted by atomic mass is 19.4. The van der Waals surface area contributed by atoms with Crippen LogP contribution in [-0.4, -0.2) is 38.9 Å². The van der Waals surface area contributed by atoms with Gasteiger partial charge in [0, 0.05) is 38.5 Å². The summed E-state index contributed by atoms with van der Waals surface area (Å²) in [5.74, 6) is 0.396. The lowest BCUT2D eigenvalue weighted by Crippen LogP contribution is -2.31. The minimum absolute atomic E-state index is 0.0162. The second-order valence-corrected chi connectivity index (χ2v) is 8.07. The molecule has 1 amide bonds. The highest BCUT2D eigenvalue weighted by molar-refractivity contribution is 5.95. The third-order valence-corrected chi connectivity index (χ3v) is 5.55. The number of ether oxygens (including phenoxy) is 1. The maximum absolute atomic E-state index is 12.8. The normalized spacial score (nSPS) is 14.7. The van der Waals surface area contributed by atoms with E-state index in [1.807, 2.05) is 0 Å². The number of carbonyl (C=O) groups excluding carboxylic acids is 1. The number of rotatable bonds is 8. The highest BCUT2D eigenvalue weighted by Crippen LogP contribution is 2.36. The van der Waals surface area contributed by atoms with E-state index in [1.54, 1.807) is 30.1 Å². The molecular weight excluding hydrogens is 437 g/mol. The molecule has 0 saturated heterocycles. The summed E-state index contributed by atoms with van der Waals surface area (Å²) in [4.78, 5) is 16.9. The minimum Gasteiger partial charge on any atom is -0.438 e. The van der Waals surface area contributed by atoms with Crippen molar-refractivity contribution in [2.75, 3.05) is 13.2 Å². The molecule has 0 aliphatic heterocycles. The molecule has 174 valence electrons. The Bertz CT molecular complexity index is 1120. The second-order valence-electron chi connectivity index (χ2n) is 8.07. The summed E-state index contributed by atoms with van der Waals surface area (Å²) < 4.78 is 45.8. The van der Waals surface area contributed by atoms with Crippen LogP contribution in [-0.2, 0) is 13.2 Å². The smallest absolute Gasteiger partial charge is 0.416 e. The number of hydrogen-bond donors (Lipinski definition) is 2. The van der Waals surface area contributed by atoms with Crippen LogP contribution in [0.4, 0.5) is 13.2 Å². The number of aliphatic hydroxyl groups is 1. The lowest BCUT2D eigenvalue weighted by molar-refractivity contribution is -0.137. The quantitative estimate of drug-likeness (QED) is 0.530. The van der Waals surface area contributed by atoms with E-state index in [1.165, 1.54) is 18.3 Å². The molecule has 3 aromatic rings. The van der Waals surface area contributed by atoms with Crippen LogP contribution in [0.1, 0.15) is 28.8 Å². The number of aryl methyl sites for hydroxylation is 1. The standard InChI is InChI=1S/C23H23F3N4O3/c1-30-9-8-20(29-30)19-10-15(21(32)27-12-16(13-31)14-2-3-14)11-28-22(19)33-18-6-4-17(5-7-18)23(24,25)26/h4-11,14,16,31H,2-3,12-13H2,1H3,(H,27,32). The van der Waals surface area contributed by atoms with Crippen LogP contribution in [0.15, 0.2) is 48.8 Å². The summed E-state index contributed by atoms with van der Waals surface area (Å²) >= 11 is 0. The van der Waals surface area contributed by atoms with E-state index in [9.17, 15) is 23.1 Å². The maximum Gasteiger partial charge on any atom is 0.416 e. The third-order valence-electron chi connectivity index (χ3n) is 5.55. The zero-order valence-corrected chi connectivity index (χ0v) is 17.8. The molecule has 0 radical (unpaired) electrons. The Kier molecular flexibility index (Phi) is 6.37. The molecule has 4 rings (SSSR count). The number of nitrogens with one attached hydrogen (secondary N) is 1. The molecule has 1 aliphatic rings. The van der Waals surface area contributed by atoms with Gasteiger partial charge in [-0.3, -0.25) is 9.48 Å². The molecule has 1 aromatic carbocycles. The van der Waals surface area contributed by atoms with Gasteiger partial charge in [0.05, 0.1) is 22.4 Å². The molecule has 2 heterocycles. The van der Waals surface area contributed by atoms with Crippen LogP contribution in [0.25, 0.3) is 11.3 Å². The van der Waals surface area contributed by atoms with Crippen molar-refractivity contribution >= 4 is 5.91 Å². The molecule has 0 bridgehead atoms. The molecule has 2 aromatic heterocycles.